The number of fused-ring (bicyclic) bond motifs is 4. The summed E-state index contributed by atoms with van der Waals surface area (Å²) < 4.78 is 10.3. The van der Waals surface area contributed by atoms with Gasteiger partial charge in [0.05, 0.1) is 0 Å². The fourth-order valence-electron chi connectivity index (χ4n) is 4.83. The molecule has 0 N–H and O–H groups in total. The average Bonchev–Trinajstić information content (AvgIpc) is 3.41. The number of hydrogen-bond acceptors (Lipinski definition) is 3. The van der Waals surface area contributed by atoms with Gasteiger partial charge in [0.25, 0.3) is 0 Å². The van der Waals surface area contributed by atoms with Crippen LogP contribution in [-0.4, -0.2) is 27.8 Å². The van der Waals surface area contributed by atoms with Gasteiger partial charge in [-0.2, -0.15) is 0 Å². The van der Waals surface area contributed by atoms with Crippen LogP contribution in [0.4, 0.5) is 0 Å². The third kappa shape index (κ3) is 3.75. The van der Waals surface area contributed by atoms with Crippen molar-refractivity contribution in [3.8, 4) is 17.1 Å². The number of benzene rings is 3. The molecule has 0 fully saturated rings. The molecule has 4 nitrogen and oxygen atoms in total. The third-order valence-electron chi connectivity index (χ3n) is 7.00. The van der Waals surface area contributed by atoms with Crippen LogP contribution < -0.4 is 4.40 Å². The van der Waals surface area contributed by atoms with Crippen molar-refractivity contribution in [2.75, 3.05) is 0 Å². The molecular formula is C31H31GeN3O. The van der Waals surface area contributed by atoms with Crippen LogP contribution >= 0.6 is 0 Å². The van der Waals surface area contributed by atoms with E-state index in [0.717, 1.165) is 50.2 Å². The van der Waals surface area contributed by atoms with Gasteiger partial charge in [-0.25, -0.2) is 0 Å². The molecule has 0 saturated heterocycles. The van der Waals surface area contributed by atoms with Crippen LogP contribution in [0.5, 0.6) is 0 Å². The third-order valence-corrected chi connectivity index (χ3v) is 11.3. The number of pyridine rings is 1. The van der Waals surface area contributed by atoms with E-state index in [1.165, 1.54) is 9.96 Å². The van der Waals surface area contributed by atoms with Gasteiger partial charge in [0, 0.05) is 0 Å². The molecule has 6 rings (SSSR count). The number of hydrogen-bond donors (Lipinski definition) is 0. The van der Waals surface area contributed by atoms with Gasteiger partial charge in [0.15, 0.2) is 0 Å². The van der Waals surface area contributed by atoms with Gasteiger partial charge in [-0.05, 0) is 0 Å². The monoisotopic (exact) mass is 535 g/mol. The normalized spacial score (nSPS) is 12.7. The van der Waals surface area contributed by atoms with Crippen LogP contribution in [0.1, 0.15) is 26.3 Å². The Morgan fingerprint density at radius 3 is 2.33 bits per heavy atom. The maximum atomic E-state index is 6.59. The first-order valence-corrected chi connectivity index (χ1v) is 19.9. The van der Waals surface area contributed by atoms with Crippen LogP contribution in [-0.2, 0) is 5.41 Å². The summed E-state index contributed by atoms with van der Waals surface area (Å²) >= 11 is -1.99. The van der Waals surface area contributed by atoms with E-state index in [9.17, 15) is 0 Å². The molecule has 0 radical (unpaired) electrons. The summed E-state index contributed by atoms with van der Waals surface area (Å²) in [6, 6.07) is 25.8. The first-order chi connectivity index (χ1) is 17.1. The number of para-hydroxylation sites is 2. The SMILES string of the molecule is CC(C)(C)c1cnc2nc(-c3cccc4c3oc3c[c]([Ge]([CH3])([CH3])[CH3])ccc34)n(-c3ccccc3)c2c1. The topological polar surface area (TPSA) is 43.9 Å². The molecule has 3 aromatic carbocycles. The Hall–Kier alpha value is -3.38. The maximum absolute atomic E-state index is 6.59. The fraction of sp³-hybridized carbons (Fsp3) is 0.226. The Kier molecular flexibility index (Phi) is 5.17. The van der Waals surface area contributed by atoms with Crippen molar-refractivity contribution in [2.24, 2.45) is 0 Å². The van der Waals surface area contributed by atoms with Crippen LogP contribution in [0.2, 0.25) is 17.3 Å². The molecule has 180 valence electrons. The van der Waals surface area contributed by atoms with E-state index < -0.39 is 13.3 Å². The Bertz CT molecular complexity index is 1750. The summed E-state index contributed by atoms with van der Waals surface area (Å²) in [4.78, 5) is 9.85. The van der Waals surface area contributed by atoms with E-state index in [1.807, 2.05) is 12.3 Å². The van der Waals surface area contributed by atoms with Gasteiger partial charge < -0.3 is 0 Å². The summed E-state index contributed by atoms with van der Waals surface area (Å²) in [6.45, 7) is 6.64. The van der Waals surface area contributed by atoms with E-state index >= 15 is 0 Å². The zero-order chi connectivity index (χ0) is 25.2. The molecule has 0 aliphatic carbocycles. The van der Waals surface area contributed by atoms with E-state index in [4.69, 9.17) is 14.4 Å². The van der Waals surface area contributed by atoms with Crippen molar-refractivity contribution in [3.05, 3.63) is 84.6 Å². The first kappa shape index (κ1) is 23.0. The molecular weight excluding hydrogens is 503 g/mol. The molecule has 6 aromatic rings. The molecule has 0 spiro atoms. The van der Waals surface area contributed by atoms with Crippen molar-refractivity contribution in [2.45, 2.75) is 43.5 Å². The minimum atomic E-state index is -1.99. The van der Waals surface area contributed by atoms with Crippen LogP contribution in [0.15, 0.2) is 83.4 Å². The molecule has 0 aliphatic heterocycles. The molecule has 0 aliphatic rings. The van der Waals surface area contributed by atoms with Crippen LogP contribution in [0.25, 0.3) is 50.2 Å². The van der Waals surface area contributed by atoms with Crippen molar-refractivity contribution in [3.63, 3.8) is 0 Å². The quantitative estimate of drug-likeness (QED) is 0.218. The van der Waals surface area contributed by atoms with Gasteiger partial charge in [-0.3, -0.25) is 0 Å². The summed E-state index contributed by atoms with van der Waals surface area (Å²) in [6.07, 6.45) is 1.95. The van der Waals surface area contributed by atoms with E-state index in [1.54, 1.807) is 0 Å². The standard InChI is InChI=1S/C31H31GeN3O/c1-31(2,3)20-17-26-29(33-19-20)34-30(35(26)22-11-8-7-9-12-22)25-14-10-13-24-23-16-15-21(32(4,5)6)18-27(23)36-28(24)25/h7-19H,1-6H3. The Morgan fingerprint density at radius 1 is 0.833 bits per heavy atom. The summed E-state index contributed by atoms with van der Waals surface area (Å²) in [5.41, 5.74) is 6.75. The molecule has 3 heterocycles. The second-order valence-electron chi connectivity index (χ2n) is 11.7. The molecule has 0 unspecified atom stereocenters. The molecule has 0 saturated carbocycles. The van der Waals surface area contributed by atoms with Crippen molar-refractivity contribution in [1.82, 2.24) is 14.5 Å². The number of imidazole rings is 1. The zero-order valence-electron chi connectivity index (χ0n) is 21.8. The van der Waals surface area contributed by atoms with Gasteiger partial charge >= 0.3 is 194 Å². The number of aromatic nitrogens is 3. The average molecular weight is 534 g/mol. The van der Waals surface area contributed by atoms with Crippen molar-refractivity contribution in [1.29, 1.82) is 0 Å². The number of nitrogens with zero attached hydrogens (tertiary/aromatic N) is 3. The predicted octanol–water partition coefficient (Wildman–Crippen LogP) is 7.83. The predicted molar refractivity (Wildman–Crippen MR) is 153 cm³/mol. The second-order valence-corrected chi connectivity index (χ2v) is 22.3. The zero-order valence-corrected chi connectivity index (χ0v) is 23.9. The van der Waals surface area contributed by atoms with Gasteiger partial charge in [-0.1, -0.05) is 20.8 Å². The molecule has 0 amide bonds. The number of furan rings is 1. The molecule has 3 aromatic heterocycles. The van der Waals surface area contributed by atoms with Gasteiger partial charge in [-0.15, -0.1) is 0 Å². The summed E-state index contributed by atoms with van der Waals surface area (Å²) in [5, 5.41) is 2.27. The molecule has 0 atom stereocenters. The molecule has 0 bridgehead atoms. The summed E-state index contributed by atoms with van der Waals surface area (Å²) in [7, 11) is 0. The fourth-order valence-corrected chi connectivity index (χ4v) is 7.24. The van der Waals surface area contributed by atoms with Crippen LogP contribution in [0.3, 0.4) is 0 Å². The van der Waals surface area contributed by atoms with Crippen LogP contribution in [0, 0.1) is 0 Å². The van der Waals surface area contributed by atoms with Crippen molar-refractivity contribution < 1.29 is 4.42 Å². The van der Waals surface area contributed by atoms with E-state index in [0.29, 0.717) is 0 Å². The minimum absolute atomic E-state index is 0.0128. The molecule has 5 heteroatoms. The Labute approximate surface area is 214 Å². The summed E-state index contributed by atoms with van der Waals surface area (Å²) in [5.74, 6) is 8.08. The Morgan fingerprint density at radius 2 is 1.61 bits per heavy atom. The van der Waals surface area contributed by atoms with E-state index in [-0.39, 0.29) is 5.41 Å². The van der Waals surface area contributed by atoms with Gasteiger partial charge in [0.2, 0.25) is 0 Å². The Balaban J connectivity index is 1.67. The number of rotatable bonds is 3. The molecule has 36 heavy (non-hydrogen) atoms. The van der Waals surface area contributed by atoms with Gasteiger partial charge in [0.1, 0.15) is 0 Å². The second kappa shape index (κ2) is 8.07. The first-order valence-electron chi connectivity index (χ1n) is 12.5. The van der Waals surface area contributed by atoms with E-state index in [2.05, 4.69) is 109 Å². The van der Waals surface area contributed by atoms with Crippen molar-refractivity contribution >= 4 is 50.8 Å².